The number of hydrogen-bond donors (Lipinski definition) is 1. The topological polar surface area (TPSA) is 66.0 Å². The lowest BCUT2D eigenvalue weighted by Crippen LogP contribution is -2.28. The van der Waals surface area contributed by atoms with Crippen LogP contribution in [0.2, 0.25) is 0 Å². The molecule has 0 saturated carbocycles. The maximum absolute atomic E-state index is 11.5. The molecule has 0 atom stereocenters. The average Bonchev–Trinajstić information content (AvgIpc) is 2.62. The lowest BCUT2D eigenvalue weighted by Gasteiger charge is -2.08. The van der Waals surface area contributed by atoms with Gasteiger partial charge in [-0.1, -0.05) is 19.8 Å². The molecule has 7 heteroatoms. The number of ether oxygens (including phenoxy) is 4. The van der Waals surface area contributed by atoms with Crippen LogP contribution in [0.3, 0.4) is 0 Å². The minimum Gasteiger partial charge on any atom is -0.379 e. The summed E-state index contributed by atoms with van der Waals surface area (Å²) in [5, 5.41) is 2.80. The van der Waals surface area contributed by atoms with E-state index in [4.69, 9.17) is 30.5 Å². The smallest absolute Gasteiger partial charge is 0.222 e. The fourth-order valence-electron chi connectivity index (χ4n) is 1.96. The number of alkyl halides is 1. The van der Waals surface area contributed by atoms with Gasteiger partial charge in [0, 0.05) is 32.1 Å². The Labute approximate surface area is 157 Å². The number of unbranched alkanes of at least 4 members (excludes halogenated alkanes) is 3. The molecule has 0 bridgehead atoms. The van der Waals surface area contributed by atoms with Gasteiger partial charge in [-0.05, 0) is 19.3 Å². The quantitative estimate of drug-likeness (QED) is 0.259. The zero-order valence-electron chi connectivity index (χ0n) is 15.7. The molecule has 150 valence electrons. The average molecular weight is 382 g/mol. The van der Waals surface area contributed by atoms with Gasteiger partial charge in [0.15, 0.2) is 0 Å². The number of rotatable bonds is 20. The standard InChI is InChI=1S/C18H36ClNO5/c1-2-10-22-14-16-24-12-7-18(21)20-9-13-25-17-15-23-11-6-4-3-5-8-19/h2-17H2,1H3,(H,20,21). The maximum Gasteiger partial charge on any atom is 0.222 e. The van der Waals surface area contributed by atoms with E-state index in [1.165, 1.54) is 6.42 Å². The zero-order valence-corrected chi connectivity index (χ0v) is 16.5. The van der Waals surface area contributed by atoms with Crippen LogP contribution in [0, 0.1) is 0 Å². The Morgan fingerprint density at radius 1 is 0.760 bits per heavy atom. The van der Waals surface area contributed by atoms with Crippen LogP contribution in [0.25, 0.3) is 0 Å². The molecule has 0 aromatic carbocycles. The Bertz CT molecular complexity index is 282. The molecule has 0 heterocycles. The molecule has 0 unspecified atom stereocenters. The van der Waals surface area contributed by atoms with E-state index in [2.05, 4.69) is 12.2 Å². The summed E-state index contributed by atoms with van der Waals surface area (Å²) in [4.78, 5) is 11.5. The van der Waals surface area contributed by atoms with Crippen molar-refractivity contribution < 1.29 is 23.7 Å². The fourth-order valence-corrected chi connectivity index (χ4v) is 2.15. The van der Waals surface area contributed by atoms with Crippen LogP contribution in [0.4, 0.5) is 0 Å². The molecule has 1 N–H and O–H groups in total. The van der Waals surface area contributed by atoms with Crippen LogP contribution in [0.15, 0.2) is 0 Å². The highest BCUT2D eigenvalue weighted by atomic mass is 35.5. The van der Waals surface area contributed by atoms with Gasteiger partial charge >= 0.3 is 0 Å². The minimum absolute atomic E-state index is 0.0220. The summed E-state index contributed by atoms with van der Waals surface area (Å²) in [6.45, 7) is 7.27. The first-order chi connectivity index (χ1) is 12.3. The van der Waals surface area contributed by atoms with Crippen LogP contribution in [0.1, 0.15) is 45.4 Å². The molecule has 0 fully saturated rings. The van der Waals surface area contributed by atoms with Crippen molar-refractivity contribution in [3.05, 3.63) is 0 Å². The monoisotopic (exact) mass is 381 g/mol. The highest BCUT2D eigenvalue weighted by Gasteiger charge is 2.00. The van der Waals surface area contributed by atoms with Gasteiger partial charge in [-0.2, -0.15) is 0 Å². The molecule has 0 saturated heterocycles. The van der Waals surface area contributed by atoms with Crippen molar-refractivity contribution in [1.82, 2.24) is 5.32 Å². The van der Waals surface area contributed by atoms with Gasteiger partial charge < -0.3 is 24.3 Å². The molecule has 1 amide bonds. The second kappa shape index (κ2) is 21.6. The third kappa shape index (κ3) is 21.6. The Kier molecular flexibility index (Phi) is 21.3. The van der Waals surface area contributed by atoms with Crippen LogP contribution >= 0.6 is 11.6 Å². The first kappa shape index (κ1) is 24.6. The first-order valence-electron chi connectivity index (χ1n) is 9.45. The number of carbonyl (C=O) groups is 1. The van der Waals surface area contributed by atoms with Crippen molar-refractivity contribution in [3.63, 3.8) is 0 Å². The van der Waals surface area contributed by atoms with E-state index >= 15 is 0 Å². The van der Waals surface area contributed by atoms with Crippen molar-refractivity contribution in [2.45, 2.75) is 45.4 Å². The fraction of sp³-hybridized carbons (Fsp3) is 0.944. The van der Waals surface area contributed by atoms with Crippen molar-refractivity contribution >= 4 is 17.5 Å². The molecular formula is C18H36ClNO5. The minimum atomic E-state index is -0.0220. The van der Waals surface area contributed by atoms with Gasteiger partial charge in [-0.25, -0.2) is 0 Å². The number of amides is 1. The van der Waals surface area contributed by atoms with Crippen molar-refractivity contribution in [2.24, 2.45) is 0 Å². The molecule has 0 rings (SSSR count). The predicted octanol–water partition coefficient (Wildman–Crippen LogP) is 2.77. The van der Waals surface area contributed by atoms with Crippen molar-refractivity contribution in [1.29, 1.82) is 0 Å². The summed E-state index contributed by atoms with van der Waals surface area (Å²) >= 11 is 5.61. The molecule has 0 aliphatic rings. The first-order valence-corrected chi connectivity index (χ1v) is 9.98. The lowest BCUT2D eigenvalue weighted by atomic mass is 10.2. The zero-order chi connectivity index (χ0) is 18.4. The summed E-state index contributed by atoms with van der Waals surface area (Å²) < 4.78 is 21.5. The number of nitrogens with one attached hydrogen (secondary N) is 1. The number of halogens is 1. The van der Waals surface area contributed by atoms with E-state index in [1.54, 1.807) is 0 Å². The van der Waals surface area contributed by atoms with Crippen LogP contribution in [-0.2, 0) is 23.7 Å². The molecule has 0 aromatic heterocycles. The largest absolute Gasteiger partial charge is 0.379 e. The Balaban J connectivity index is 3.12. The SMILES string of the molecule is CCCOCCOCCC(=O)NCCOCCOCCCCCCCl. The van der Waals surface area contributed by atoms with Crippen molar-refractivity contribution in [3.8, 4) is 0 Å². The molecule has 6 nitrogen and oxygen atoms in total. The van der Waals surface area contributed by atoms with E-state index in [-0.39, 0.29) is 5.91 Å². The lowest BCUT2D eigenvalue weighted by molar-refractivity contribution is -0.122. The van der Waals surface area contributed by atoms with Crippen molar-refractivity contribution in [2.75, 3.05) is 65.3 Å². The number of hydrogen-bond acceptors (Lipinski definition) is 5. The van der Waals surface area contributed by atoms with Gasteiger partial charge in [0.1, 0.15) is 0 Å². The molecule has 0 aliphatic carbocycles. The molecule has 0 radical (unpaired) electrons. The van der Waals surface area contributed by atoms with E-state index in [9.17, 15) is 4.79 Å². The van der Waals surface area contributed by atoms with Crippen LogP contribution in [-0.4, -0.2) is 71.2 Å². The van der Waals surface area contributed by atoms with Gasteiger partial charge in [-0.15, -0.1) is 11.6 Å². The summed E-state index contributed by atoms with van der Waals surface area (Å²) in [5.41, 5.74) is 0. The third-order valence-electron chi connectivity index (χ3n) is 3.31. The second-order valence-corrected chi connectivity index (χ2v) is 6.03. The molecule has 25 heavy (non-hydrogen) atoms. The second-order valence-electron chi connectivity index (χ2n) is 5.65. The van der Waals surface area contributed by atoms with E-state index in [0.29, 0.717) is 52.6 Å². The van der Waals surface area contributed by atoms with Crippen LogP contribution < -0.4 is 5.32 Å². The van der Waals surface area contributed by atoms with E-state index < -0.39 is 0 Å². The van der Waals surface area contributed by atoms with E-state index in [1.807, 2.05) is 0 Å². The Morgan fingerprint density at radius 3 is 2.04 bits per heavy atom. The molecule has 0 aliphatic heterocycles. The molecular weight excluding hydrogens is 346 g/mol. The molecule has 0 aromatic rings. The van der Waals surface area contributed by atoms with Crippen LogP contribution in [0.5, 0.6) is 0 Å². The molecule has 0 spiro atoms. The van der Waals surface area contributed by atoms with Gasteiger partial charge in [0.25, 0.3) is 0 Å². The summed E-state index contributed by atoms with van der Waals surface area (Å²) in [7, 11) is 0. The highest BCUT2D eigenvalue weighted by Crippen LogP contribution is 2.00. The third-order valence-corrected chi connectivity index (χ3v) is 3.57. The Hall–Kier alpha value is -0.400. The summed E-state index contributed by atoms with van der Waals surface area (Å²) in [5.74, 6) is 0.720. The normalized spacial score (nSPS) is 11.0. The number of carbonyl (C=O) groups excluding carboxylic acids is 1. The maximum atomic E-state index is 11.5. The Morgan fingerprint density at radius 2 is 1.36 bits per heavy atom. The summed E-state index contributed by atoms with van der Waals surface area (Å²) in [6, 6.07) is 0. The summed E-state index contributed by atoms with van der Waals surface area (Å²) in [6.07, 6.45) is 5.84. The predicted molar refractivity (Wildman–Crippen MR) is 100 cm³/mol. The highest BCUT2D eigenvalue weighted by molar-refractivity contribution is 6.17. The van der Waals surface area contributed by atoms with Gasteiger partial charge in [0.2, 0.25) is 5.91 Å². The van der Waals surface area contributed by atoms with Gasteiger partial charge in [0.05, 0.1) is 39.6 Å². The van der Waals surface area contributed by atoms with Gasteiger partial charge in [-0.3, -0.25) is 4.79 Å². The van der Waals surface area contributed by atoms with E-state index in [0.717, 1.165) is 44.8 Å².